The second-order valence-corrected chi connectivity index (χ2v) is 6.86. The first-order valence-corrected chi connectivity index (χ1v) is 8.67. The number of rotatable bonds is 9. The van der Waals surface area contributed by atoms with E-state index < -0.39 is 23.7 Å². The van der Waals surface area contributed by atoms with Crippen molar-refractivity contribution in [2.45, 2.75) is 51.9 Å². The summed E-state index contributed by atoms with van der Waals surface area (Å²) >= 11 is 0. The van der Waals surface area contributed by atoms with E-state index in [0.717, 1.165) is 5.56 Å². The lowest BCUT2D eigenvalue weighted by Gasteiger charge is -2.23. The highest BCUT2D eigenvalue weighted by Gasteiger charge is 2.26. The molecule has 1 rings (SSSR count). The Morgan fingerprint density at radius 2 is 1.78 bits per heavy atom. The van der Waals surface area contributed by atoms with Crippen LogP contribution in [0.25, 0.3) is 0 Å². The minimum atomic E-state index is -1.00. The number of hydrogen-bond acceptors (Lipinski definition) is 6. The number of methoxy groups -OCH3 is 1. The van der Waals surface area contributed by atoms with Gasteiger partial charge in [-0.3, -0.25) is 4.79 Å². The zero-order valence-corrected chi connectivity index (χ0v) is 16.2. The third kappa shape index (κ3) is 10.2. The van der Waals surface area contributed by atoms with Crippen LogP contribution in [0, 0.1) is 0 Å². The molecule has 0 aliphatic carbocycles. The topological polar surface area (TPSA) is 103 Å². The normalized spacial score (nSPS) is 12.0. The van der Waals surface area contributed by atoms with Crippen LogP contribution in [-0.4, -0.2) is 43.5 Å². The number of esters is 1. The fourth-order valence-electron chi connectivity index (χ4n) is 2.04. The van der Waals surface area contributed by atoms with Crippen molar-refractivity contribution in [2.75, 3.05) is 13.8 Å². The molecule has 1 aromatic carbocycles. The van der Waals surface area contributed by atoms with E-state index in [1.807, 2.05) is 30.3 Å². The van der Waals surface area contributed by atoms with Gasteiger partial charge in [-0.05, 0) is 32.8 Å². The molecule has 2 amide bonds. The number of amides is 2. The Labute approximate surface area is 159 Å². The van der Waals surface area contributed by atoms with Crippen LogP contribution in [0.5, 0.6) is 0 Å². The molecule has 2 N–H and O–H groups in total. The van der Waals surface area contributed by atoms with Gasteiger partial charge in [0, 0.05) is 13.5 Å². The fraction of sp³-hybridized carbons (Fsp3) is 0.526. The Morgan fingerprint density at radius 1 is 1.11 bits per heavy atom. The van der Waals surface area contributed by atoms with E-state index in [1.54, 1.807) is 20.8 Å². The molecule has 0 radical (unpaired) electrons. The average molecular weight is 380 g/mol. The number of hydrogen-bond donors (Lipinski definition) is 2. The molecule has 150 valence electrons. The van der Waals surface area contributed by atoms with Crippen LogP contribution in [0.15, 0.2) is 30.3 Å². The first-order valence-electron chi connectivity index (χ1n) is 8.67. The van der Waals surface area contributed by atoms with Crippen molar-refractivity contribution in [2.24, 2.45) is 0 Å². The summed E-state index contributed by atoms with van der Waals surface area (Å²) in [5.41, 5.74) is 0.109. The Balaban J connectivity index is 2.65. The van der Waals surface area contributed by atoms with E-state index >= 15 is 0 Å². The van der Waals surface area contributed by atoms with Gasteiger partial charge in [0.15, 0.2) is 0 Å². The van der Waals surface area contributed by atoms with Crippen molar-refractivity contribution >= 4 is 18.0 Å². The van der Waals surface area contributed by atoms with Gasteiger partial charge in [-0.2, -0.15) is 0 Å². The molecule has 0 aromatic heterocycles. The number of carbonyl (C=O) groups excluding carboxylic acids is 3. The van der Waals surface area contributed by atoms with Crippen molar-refractivity contribution in [3.05, 3.63) is 35.9 Å². The minimum absolute atomic E-state index is 0.0181. The third-order valence-corrected chi connectivity index (χ3v) is 3.27. The average Bonchev–Trinajstić information content (AvgIpc) is 2.60. The van der Waals surface area contributed by atoms with E-state index in [9.17, 15) is 14.4 Å². The number of nitrogens with one attached hydrogen (secondary N) is 2. The highest BCUT2D eigenvalue weighted by Crippen LogP contribution is 2.09. The molecule has 0 heterocycles. The van der Waals surface area contributed by atoms with Crippen molar-refractivity contribution in [1.82, 2.24) is 10.6 Å². The van der Waals surface area contributed by atoms with E-state index in [2.05, 4.69) is 10.6 Å². The van der Waals surface area contributed by atoms with Crippen LogP contribution in [0.2, 0.25) is 0 Å². The minimum Gasteiger partial charge on any atom is -0.459 e. The van der Waals surface area contributed by atoms with Gasteiger partial charge in [0.2, 0.25) is 5.91 Å². The zero-order chi connectivity index (χ0) is 20.3. The highest BCUT2D eigenvalue weighted by molar-refractivity contribution is 5.83. The summed E-state index contributed by atoms with van der Waals surface area (Å²) in [7, 11) is 1.45. The van der Waals surface area contributed by atoms with Crippen molar-refractivity contribution in [3.8, 4) is 0 Å². The monoisotopic (exact) mass is 380 g/mol. The van der Waals surface area contributed by atoms with Crippen LogP contribution >= 0.6 is 0 Å². The molecule has 8 nitrogen and oxygen atoms in total. The molecule has 0 bridgehead atoms. The molecule has 0 fully saturated rings. The molecular weight excluding hydrogens is 352 g/mol. The summed E-state index contributed by atoms with van der Waals surface area (Å²) in [6.45, 7) is 5.29. The van der Waals surface area contributed by atoms with E-state index in [4.69, 9.17) is 14.2 Å². The van der Waals surface area contributed by atoms with Crippen LogP contribution in [0.1, 0.15) is 39.2 Å². The van der Waals surface area contributed by atoms with Crippen molar-refractivity contribution in [3.63, 3.8) is 0 Å². The number of ether oxygens (including phenoxy) is 3. The molecular formula is C19H28N2O6. The first kappa shape index (κ1) is 22.4. The van der Waals surface area contributed by atoms with Crippen LogP contribution in [0.4, 0.5) is 4.79 Å². The molecule has 0 spiro atoms. The SMILES string of the molecule is COCNC(=O)CCC(NC(=O)OC(C)(C)C)C(=O)OCc1ccccc1. The maximum Gasteiger partial charge on any atom is 0.408 e. The zero-order valence-electron chi connectivity index (χ0n) is 16.2. The van der Waals surface area contributed by atoms with E-state index in [-0.39, 0.29) is 32.1 Å². The summed E-state index contributed by atoms with van der Waals surface area (Å²) < 4.78 is 15.2. The molecule has 1 aromatic rings. The second kappa shape index (κ2) is 11.2. The summed E-state index contributed by atoms with van der Waals surface area (Å²) in [5, 5.41) is 4.99. The largest absolute Gasteiger partial charge is 0.459 e. The third-order valence-electron chi connectivity index (χ3n) is 3.27. The molecule has 1 unspecified atom stereocenters. The molecule has 1 atom stereocenters. The van der Waals surface area contributed by atoms with E-state index in [1.165, 1.54) is 7.11 Å². The van der Waals surface area contributed by atoms with Gasteiger partial charge < -0.3 is 24.8 Å². The molecule has 27 heavy (non-hydrogen) atoms. The Morgan fingerprint density at radius 3 is 2.37 bits per heavy atom. The Kier molecular flexibility index (Phi) is 9.29. The predicted octanol–water partition coefficient (Wildman–Crippen LogP) is 2.12. The maximum absolute atomic E-state index is 12.4. The van der Waals surface area contributed by atoms with Crippen molar-refractivity contribution in [1.29, 1.82) is 0 Å². The highest BCUT2D eigenvalue weighted by atomic mass is 16.6. The van der Waals surface area contributed by atoms with Gasteiger partial charge in [-0.25, -0.2) is 9.59 Å². The lowest BCUT2D eigenvalue weighted by atomic mass is 10.1. The van der Waals surface area contributed by atoms with Gasteiger partial charge in [0.25, 0.3) is 0 Å². The van der Waals surface area contributed by atoms with Gasteiger partial charge in [0.1, 0.15) is 25.0 Å². The van der Waals surface area contributed by atoms with Crippen molar-refractivity contribution < 1.29 is 28.6 Å². The Hall–Kier alpha value is -2.61. The molecule has 0 aliphatic rings. The molecule has 8 heteroatoms. The molecule has 0 aliphatic heterocycles. The fourth-order valence-corrected chi connectivity index (χ4v) is 2.04. The summed E-state index contributed by atoms with van der Waals surface area (Å²) in [6.07, 6.45) is -0.659. The molecule has 0 saturated carbocycles. The number of benzene rings is 1. The summed E-state index contributed by atoms with van der Waals surface area (Å²) in [6, 6.07) is 8.16. The van der Waals surface area contributed by atoms with Crippen LogP contribution in [-0.2, 0) is 30.4 Å². The number of carbonyl (C=O) groups is 3. The predicted molar refractivity (Wildman–Crippen MR) is 98.6 cm³/mol. The Bertz CT molecular complexity index is 612. The standard InChI is InChI=1S/C19H28N2O6/c1-19(2,3)27-18(24)21-15(10-11-16(22)20-13-25-4)17(23)26-12-14-8-6-5-7-9-14/h5-9,15H,10-13H2,1-4H3,(H,20,22)(H,21,24). The number of alkyl carbamates (subject to hydrolysis) is 1. The van der Waals surface area contributed by atoms with Gasteiger partial charge in [-0.15, -0.1) is 0 Å². The van der Waals surface area contributed by atoms with Gasteiger partial charge in [0.05, 0.1) is 0 Å². The smallest absolute Gasteiger partial charge is 0.408 e. The maximum atomic E-state index is 12.4. The van der Waals surface area contributed by atoms with E-state index in [0.29, 0.717) is 0 Å². The van der Waals surface area contributed by atoms with Gasteiger partial charge in [-0.1, -0.05) is 30.3 Å². The van der Waals surface area contributed by atoms with Crippen LogP contribution < -0.4 is 10.6 Å². The van der Waals surface area contributed by atoms with Crippen LogP contribution in [0.3, 0.4) is 0 Å². The summed E-state index contributed by atoms with van der Waals surface area (Å²) in [5.74, 6) is -0.937. The lowest BCUT2D eigenvalue weighted by molar-refractivity contribution is -0.147. The second-order valence-electron chi connectivity index (χ2n) is 6.86. The van der Waals surface area contributed by atoms with Gasteiger partial charge >= 0.3 is 12.1 Å². The first-order chi connectivity index (χ1) is 12.7. The summed E-state index contributed by atoms with van der Waals surface area (Å²) in [4.78, 5) is 36.1. The lowest BCUT2D eigenvalue weighted by Crippen LogP contribution is -2.44. The quantitative estimate of drug-likeness (QED) is 0.502. The molecule has 0 saturated heterocycles.